The zero-order chi connectivity index (χ0) is 17.2. The Bertz CT molecular complexity index is 601. The van der Waals surface area contributed by atoms with Crippen LogP contribution < -0.4 is 5.32 Å². The molecule has 3 rings (SSSR count). The van der Waals surface area contributed by atoms with E-state index in [0.29, 0.717) is 5.41 Å². The molecule has 1 atom stereocenters. The molecule has 6 nitrogen and oxygen atoms in total. The molecule has 3 heterocycles. The van der Waals surface area contributed by atoms with Gasteiger partial charge in [-0.2, -0.15) is 5.10 Å². The van der Waals surface area contributed by atoms with Gasteiger partial charge in [-0.25, -0.2) is 0 Å². The van der Waals surface area contributed by atoms with Crippen LogP contribution in [0.3, 0.4) is 0 Å². The number of aliphatic imine (C=N–C) groups is 1. The van der Waals surface area contributed by atoms with E-state index in [1.165, 1.54) is 24.1 Å². The van der Waals surface area contributed by atoms with Gasteiger partial charge in [0.2, 0.25) is 0 Å². The van der Waals surface area contributed by atoms with Crippen LogP contribution in [0.15, 0.2) is 4.99 Å². The summed E-state index contributed by atoms with van der Waals surface area (Å²) in [6, 6.07) is 0. The van der Waals surface area contributed by atoms with E-state index in [0.717, 1.165) is 57.5 Å². The second kappa shape index (κ2) is 7.13. The highest BCUT2D eigenvalue weighted by Crippen LogP contribution is 2.38. The second-order valence-electron chi connectivity index (χ2n) is 7.23. The molecule has 2 aliphatic heterocycles. The molecular weight excluding hydrogens is 302 g/mol. The lowest BCUT2D eigenvalue weighted by Gasteiger charge is -2.25. The minimum atomic E-state index is 0.368. The third-order valence-electron chi connectivity index (χ3n) is 5.54. The lowest BCUT2D eigenvalue weighted by molar-refractivity contribution is 0.156. The number of guanidine groups is 1. The van der Waals surface area contributed by atoms with Crippen molar-refractivity contribution in [2.45, 2.75) is 40.0 Å². The topological polar surface area (TPSA) is 54.7 Å². The lowest BCUT2D eigenvalue weighted by Crippen LogP contribution is -2.41. The maximum Gasteiger partial charge on any atom is 0.193 e. The first-order valence-corrected chi connectivity index (χ1v) is 9.15. The monoisotopic (exact) mass is 333 g/mol. The van der Waals surface area contributed by atoms with E-state index in [1.807, 2.05) is 11.7 Å². The number of nitrogens with zero attached hydrogens (tertiary/aromatic N) is 4. The van der Waals surface area contributed by atoms with Gasteiger partial charge in [0.15, 0.2) is 5.96 Å². The van der Waals surface area contributed by atoms with Crippen molar-refractivity contribution >= 4 is 5.96 Å². The Labute approximate surface area is 145 Å². The molecule has 24 heavy (non-hydrogen) atoms. The summed E-state index contributed by atoms with van der Waals surface area (Å²) in [6.45, 7) is 12.0. The predicted molar refractivity (Wildman–Crippen MR) is 96.4 cm³/mol. The minimum absolute atomic E-state index is 0.368. The fourth-order valence-electron chi connectivity index (χ4n) is 3.97. The van der Waals surface area contributed by atoms with Crippen LogP contribution in [0.4, 0.5) is 0 Å². The molecule has 1 unspecified atom stereocenters. The summed E-state index contributed by atoms with van der Waals surface area (Å²) in [5.74, 6) is 1.06. The lowest BCUT2D eigenvalue weighted by atomic mass is 9.87. The summed E-state index contributed by atoms with van der Waals surface area (Å²) in [4.78, 5) is 7.31. The van der Waals surface area contributed by atoms with Crippen molar-refractivity contribution in [2.24, 2.45) is 17.5 Å². The molecule has 0 amide bonds. The van der Waals surface area contributed by atoms with Crippen molar-refractivity contribution in [3.8, 4) is 0 Å². The number of nitrogens with one attached hydrogen (secondary N) is 1. The van der Waals surface area contributed by atoms with Crippen LogP contribution in [-0.2, 0) is 18.2 Å². The molecule has 0 aliphatic carbocycles. The third kappa shape index (κ3) is 3.43. The van der Waals surface area contributed by atoms with Gasteiger partial charge in [0.05, 0.1) is 12.3 Å². The molecule has 6 heteroatoms. The van der Waals surface area contributed by atoms with Gasteiger partial charge in [-0.3, -0.25) is 9.67 Å². The van der Waals surface area contributed by atoms with Crippen molar-refractivity contribution < 1.29 is 4.74 Å². The van der Waals surface area contributed by atoms with Crippen LogP contribution in [0.5, 0.6) is 0 Å². The quantitative estimate of drug-likeness (QED) is 0.672. The van der Waals surface area contributed by atoms with E-state index < -0.39 is 0 Å². The Balaban J connectivity index is 1.64. The molecule has 0 bridgehead atoms. The summed E-state index contributed by atoms with van der Waals surface area (Å²) in [5, 5.41) is 7.96. The first kappa shape index (κ1) is 17.3. The van der Waals surface area contributed by atoms with Crippen molar-refractivity contribution in [3.63, 3.8) is 0 Å². The summed E-state index contributed by atoms with van der Waals surface area (Å²) in [6.07, 6.45) is 3.36. The van der Waals surface area contributed by atoms with E-state index in [2.05, 4.69) is 36.1 Å². The molecular formula is C18H31N5O. The molecule has 2 saturated heterocycles. The molecule has 134 valence electrons. The smallest absolute Gasteiger partial charge is 0.193 e. The number of hydrogen-bond acceptors (Lipinski definition) is 3. The number of hydrogen-bond donors (Lipinski definition) is 1. The van der Waals surface area contributed by atoms with Gasteiger partial charge in [-0.05, 0) is 45.6 Å². The van der Waals surface area contributed by atoms with Gasteiger partial charge in [0.25, 0.3) is 0 Å². The number of rotatable bonds is 4. The van der Waals surface area contributed by atoms with Crippen LogP contribution >= 0.6 is 0 Å². The van der Waals surface area contributed by atoms with Crippen LogP contribution in [0, 0.1) is 19.3 Å². The first-order valence-electron chi connectivity index (χ1n) is 9.15. The predicted octanol–water partition coefficient (Wildman–Crippen LogP) is 1.66. The maximum atomic E-state index is 5.64. The van der Waals surface area contributed by atoms with E-state index in [4.69, 9.17) is 9.73 Å². The van der Waals surface area contributed by atoms with Gasteiger partial charge in [-0.1, -0.05) is 0 Å². The van der Waals surface area contributed by atoms with Crippen LogP contribution in [0.25, 0.3) is 0 Å². The van der Waals surface area contributed by atoms with E-state index in [9.17, 15) is 0 Å². The normalized spacial score (nSPS) is 24.3. The van der Waals surface area contributed by atoms with Gasteiger partial charge in [0.1, 0.15) is 0 Å². The Morgan fingerprint density at radius 2 is 2.21 bits per heavy atom. The van der Waals surface area contributed by atoms with E-state index in [-0.39, 0.29) is 0 Å². The highest BCUT2D eigenvalue weighted by atomic mass is 16.5. The second-order valence-corrected chi connectivity index (χ2v) is 7.23. The number of ether oxygens (including phenoxy) is 1. The molecule has 2 fully saturated rings. The zero-order valence-corrected chi connectivity index (χ0v) is 15.6. The van der Waals surface area contributed by atoms with Crippen molar-refractivity contribution in [2.75, 3.05) is 39.4 Å². The fraction of sp³-hybridized carbons (Fsp3) is 0.778. The Hall–Kier alpha value is -1.56. The minimum Gasteiger partial charge on any atom is -0.381 e. The van der Waals surface area contributed by atoms with Crippen LogP contribution in [-0.4, -0.2) is 60.0 Å². The average Bonchev–Trinajstić information content (AvgIpc) is 3.25. The van der Waals surface area contributed by atoms with E-state index >= 15 is 0 Å². The zero-order valence-electron chi connectivity index (χ0n) is 15.6. The summed E-state index contributed by atoms with van der Waals surface area (Å²) >= 11 is 0. The molecule has 1 N–H and O–H groups in total. The highest BCUT2D eigenvalue weighted by Gasteiger charge is 2.42. The molecule has 1 spiro atoms. The standard InChI is InChI=1S/C18H31N5O/c1-5-19-17(23-10-7-18(12-23)8-11-24-13-18)20-9-6-16-14(2)21-22(4)15(16)3/h5-13H2,1-4H3,(H,19,20). The molecule has 0 saturated carbocycles. The largest absolute Gasteiger partial charge is 0.381 e. The molecule has 1 aromatic heterocycles. The Morgan fingerprint density at radius 3 is 2.83 bits per heavy atom. The highest BCUT2D eigenvalue weighted by molar-refractivity contribution is 5.80. The fourth-order valence-corrected chi connectivity index (χ4v) is 3.97. The SMILES string of the molecule is CCNC(=NCCc1c(C)nn(C)c1C)N1CCC2(CCOC2)C1. The molecule has 0 aromatic carbocycles. The average molecular weight is 333 g/mol. The number of aryl methyl sites for hydroxylation is 2. The van der Waals surface area contributed by atoms with Gasteiger partial charge >= 0.3 is 0 Å². The van der Waals surface area contributed by atoms with Crippen molar-refractivity contribution in [3.05, 3.63) is 17.0 Å². The summed E-state index contributed by atoms with van der Waals surface area (Å²) < 4.78 is 7.60. The molecule has 1 aromatic rings. The maximum absolute atomic E-state index is 5.64. The van der Waals surface area contributed by atoms with Crippen LogP contribution in [0.1, 0.15) is 36.7 Å². The summed E-state index contributed by atoms with van der Waals surface area (Å²) in [5.41, 5.74) is 4.07. The Morgan fingerprint density at radius 1 is 1.38 bits per heavy atom. The Kier molecular flexibility index (Phi) is 5.13. The third-order valence-corrected chi connectivity index (χ3v) is 5.54. The van der Waals surface area contributed by atoms with Crippen molar-refractivity contribution in [1.82, 2.24) is 20.0 Å². The van der Waals surface area contributed by atoms with Crippen LogP contribution in [0.2, 0.25) is 0 Å². The van der Waals surface area contributed by atoms with Gasteiger partial charge < -0.3 is 15.0 Å². The van der Waals surface area contributed by atoms with Crippen molar-refractivity contribution in [1.29, 1.82) is 0 Å². The molecule has 2 aliphatic rings. The molecule has 0 radical (unpaired) electrons. The van der Waals surface area contributed by atoms with Gasteiger partial charge in [0, 0.05) is 50.9 Å². The van der Waals surface area contributed by atoms with Gasteiger partial charge in [-0.15, -0.1) is 0 Å². The number of aromatic nitrogens is 2. The first-order chi connectivity index (χ1) is 11.5. The number of likely N-dealkylation sites (tertiary alicyclic amines) is 1. The van der Waals surface area contributed by atoms with E-state index in [1.54, 1.807) is 0 Å². The summed E-state index contributed by atoms with van der Waals surface area (Å²) in [7, 11) is 2.01.